The molecule has 0 radical (unpaired) electrons. The van der Waals surface area contributed by atoms with Crippen LogP contribution in [0.3, 0.4) is 0 Å². The number of halogens is 1. The number of likely N-dealkylation sites (tertiary alicyclic amines) is 2. The maximum Gasteiger partial charge on any atom is 0.246 e. The molecule has 3 aromatic carbocycles. The number of unbranched alkanes of at least 4 members (excludes halogenated alkanes) is 6. The lowest BCUT2D eigenvalue weighted by Gasteiger charge is -2.35. The number of amides is 4. The van der Waals surface area contributed by atoms with Gasteiger partial charge in [0.2, 0.25) is 29.6 Å². The smallest absolute Gasteiger partial charge is 0.246 e. The zero-order valence-electron chi connectivity index (χ0n) is 49.6. The number of rotatable bonds is 27. The quantitative estimate of drug-likeness (QED) is 0.0268. The molecule has 6 N–H and O–H groups in total. The lowest BCUT2D eigenvalue weighted by molar-refractivity contribution is -0.144. The van der Waals surface area contributed by atoms with Gasteiger partial charge >= 0.3 is 0 Å². The van der Waals surface area contributed by atoms with Crippen LogP contribution in [0.25, 0.3) is 10.4 Å². The van der Waals surface area contributed by atoms with Gasteiger partial charge in [-0.1, -0.05) is 101 Å². The van der Waals surface area contributed by atoms with E-state index in [0.717, 1.165) is 91.7 Å². The van der Waals surface area contributed by atoms with E-state index in [1.165, 1.54) is 16.7 Å². The number of para-hydroxylation sites is 1. The molecule has 450 valence electrons. The molecule has 0 bridgehead atoms. The molecule has 2 aromatic heterocycles. The van der Waals surface area contributed by atoms with Crippen LogP contribution < -0.4 is 31.3 Å². The summed E-state index contributed by atoms with van der Waals surface area (Å²) >= 11 is 8.11. The Morgan fingerprint density at radius 3 is 2.20 bits per heavy atom. The third kappa shape index (κ3) is 17.9. The van der Waals surface area contributed by atoms with E-state index in [1.807, 2.05) is 77.4 Å². The van der Waals surface area contributed by atoms with Gasteiger partial charge in [0.1, 0.15) is 22.9 Å². The van der Waals surface area contributed by atoms with Crippen molar-refractivity contribution in [2.24, 2.45) is 5.41 Å². The van der Waals surface area contributed by atoms with Crippen molar-refractivity contribution in [2.75, 3.05) is 43.4 Å². The summed E-state index contributed by atoms with van der Waals surface area (Å²) in [4.78, 5) is 72.1. The van der Waals surface area contributed by atoms with Crippen molar-refractivity contribution in [2.45, 2.75) is 180 Å². The molecule has 18 nitrogen and oxygen atoms in total. The molecule has 2 aliphatic rings. The summed E-state index contributed by atoms with van der Waals surface area (Å²) in [6.45, 7) is 19.8. The van der Waals surface area contributed by atoms with Crippen LogP contribution in [0.15, 0.2) is 77.3 Å². The third-order valence-corrected chi connectivity index (χ3v) is 18.8. The number of aliphatic hydroxyl groups excluding tert-OH is 1. The molecule has 2 aliphatic heterocycles. The van der Waals surface area contributed by atoms with Gasteiger partial charge in [-0.3, -0.25) is 24.1 Å². The molecule has 2 fully saturated rings. The van der Waals surface area contributed by atoms with E-state index in [4.69, 9.17) is 16.3 Å². The molecule has 0 spiro atoms. The number of piperidine rings is 1. The van der Waals surface area contributed by atoms with Gasteiger partial charge in [0, 0.05) is 32.5 Å². The molecule has 4 amide bonds. The van der Waals surface area contributed by atoms with Crippen LogP contribution in [0.1, 0.15) is 147 Å². The van der Waals surface area contributed by atoms with Crippen molar-refractivity contribution in [1.82, 2.24) is 40.7 Å². The highest BCUT2D eigenvalue weighted by atomic mass is 35.5. The topological polar surface area (TPSA) is 237 Å². The first kappa shape index (κ1) is 64.4. The fourth-order valence-electron chi connectivity index (χ4n) is 10.6. The van der Waals surface area contributed by atoms with Crippen LogP contribution >= 0.6 is 22.9 Å². The number of thiazole rings is 1. The van der Waals surface area contributed by atoms with E-state index in [-0.39, 0.29) is 83.3 Å². The highest BCUT2D eigenvalue weighted by Crippen LogP contribution is 2.39. The number of aryl methyl sites for hydroxylation is 2. The number of hydrogen-bond acceptors (Lipinski definition) is 15. The second-order valence-electron chi connectivity index (χ2n) is 23.7. The Bertz CT molecular complexity index is 3120. The Hall–Kier alpha value is -6.19. The van der Waals surface area contributed by atoms with E-state index in [0.29, 0.717) is 36.6 Å². The molecule has 5 aromatic rings. The predicted octanol–water partition coefficient (Wildman–Crippen LogP) is 10.6. The van der Waals surface area contributed by atoms with Crippen LogP contribution in [-0.4, -0.2) is 124 Å². The number of carbonyl (C=O) groups is 4. The number of carbonyl (C=O) groups excluding carboxylic acids is 4. The number of sulfone groups is 1. The molecule has 2 saturated heterocycles. The van der Waals surface area contributed by atoms with Crippen molar-refractivity contribution in [3.05, 3.63) is 99.8 Å². The van der Waals surface area contributed by atoms with Gasteiger partial charge in [0.05, 0.1) is 62.6 Å². The standard InChI is InChI=1S/C62H85ClN10O8S2/c1-39(2)81-52-33-47(41(5)31-50(52)69-61-66-35-48(63)58(71-61)68-49-19-16-17-20-53(49)83(79,80)40(3)4)44-26-29-72(30-27-44)37-55(76)64-28-18-14-12-10-11-13-15-21-54(75)70-57(62(7,8)9)60(78)73-36-46(74)32-51(73)59(77)65-34-43-22-24-45(25-23-43)56-42(6)67-38-82-56/h16-17,19-20,22-25,31,33,35,38-40,44,46,51,57,74H,10-15,18,21,26-30,32,34,36-37H2,1-9H3,(H,64,76)(H,65,77)(H,70,75)(H2,66,68,69,71)/t46-,51+,57-/m1/s1. The van der Waals surface area contributed by atoms with Crippen molar-refractivity contribution >= 4 is 79.5 Å². The molecule has 0 aliphatic carbocycles. The van der Waals surface area contributed by atoms with E-state index in [1.54, 1.807) is 49.4 Å². The number of anilines is 4. The van der Waals surface area contributed by atoms with Crippen molar-refractivity contribution in [3.63, 3.8) is 0 Å². The lowest BCUT2D eigenvalue weighted by atomic mass is 9.85. The van der Waals surface area contributed by atoms with Gasteiger partial charge in [0.15, 0.2) is 15.7 Å². The number of nitrogens with zero attached hydrogens (tertiary/aromatic N) is 5. The van der Waals surface area contributed by atoms with Crippen LogP contribution in [0, 0.1) is 19.3 Å². The molecular weight excluding hydrogens is 1110 g/mol. The number of β-amino-alcohol motifs (C(OH)–C–C–N with tert-alkyl or cyclic N) is 1. The first-order valence-electron chi connectivity index (χ1n) is 29.2. The lowest BCUT2D eigenvalue weighted by Crippen LogP contribution is -2.57. The predicted molar refractivity (Wildman–Crippen MR) is 329 cm³/mol. The first-order chi connectivity index (χ1) is 39.5. The van der Waals surface area contributed by atoms with Gasteiger partial charge in [-0.25, -0.2) is 18.4 Å². The van der Waals surface area contributed by atoms with E-state index < -0.39 is 38.7 Å². The molecular formula is C62H85ClN10O8S2. The van der Waals surface area contributed by atoms with E-state index >= 15 is 0 Å². The van der Waals surface area contributed by atoms with Gasteiger partial charge in [-0.15, -0.1) is 11.3 Å². The fourth-order valence-corrected chi connectivity index (χ4v) is 12.8. The molecule has 3 atom stereocenters. The first-order valence-corrected chi connectivity index (χ1v) is 32.0. The number of nitrogens with one attached hydrogen (secondary N) is 5. The minimum Gasteiger partial charge on any atom is -0.489 e. The Balaban J connectivity index is 0.777. The fraction of sp³-hybridized carbons (Fsp3) is 0.532. The zero-order valence-corrected chi connectivity index (χ0v) is 52.0. The minimum atomic E-state index is -3.59. The van der Waals surface area contributed by atoms with E-state index in [2.05, 4.69) is 59.4 Å². The Kier molecular flexibility index (Phi) is 22.9. The van der Waals surface area contributed by atoms with Crippen LogP contribution in [0.5, 0.6) is 5.75 Å². The average molecular weight is 1200 g/mol. The van der Waals surface area contributed by atoms with Crippen LogP contribution in [0.2, 0.25) is 5.02 Å². The molecule has 0 unspecified atom stereocenters. The summed E-state index contributed by atoms with van der Waals surface area (Å²) < 4.78 is 32.6. The highest BCUT2D eigenvalue weighted by molar-refractivity contribution is 7.92. The number of ether oxygens (including phenoxy) is 1. The highest BCUT2D eigenvalue weighted by Gasteiger charge is 2.44. The summed E-state index contributed by atoms with van der Waals surface area (Å²) in [6, 6.07) is 17.0. The minimum absolute atomic E-state index is 0.0208. The van der Waals surface area contributed by atoms with Crippen LogP contribution in [0.4, 0.5) is 23.1 Å². The summed E-state index contributed by atoms with van der Waals surface area (Å²) in [5.41, 5.74) is 7.44. The van der Waals surface area contributed by atoms with Gasteiger partial charge in [0.25, 0.3) is 0 Å². The maximum absolute atomic E-state index is 14.1. The number of aliphatic hydroxyl groups is 1. The Morgan fingerprint density at radius 2 is 1.54 bits per heavy atom. The van der Waals surface area contributed by atoms with Crippen molar-refractivity contribution in [1.29, 1.82) is 0 Å². The van der Waals surface area contributed by atoms with Gasteiger partial charge < -0.3 is 41.3 Å². The van der Waals surface area contributed by atoms with Crippen molar-refractivity contribution < 1.29 is 37.4 Å². The third-order valence-electron chi connectivity index (χ3n) is 15.3. The monoisotopic (exact) mass is 1200 g/mol. The molecule has 21 heteroatoms. The summed E-state index contributed by atoms with van der Waals surface area (Å²) in [5, 5.41) is 25.7. The molecule has 4 heterocycles. The molecule has 83 heavy (non-hydrogen) atoms. The Labute approximate surface area is 499 Å². The summed E-state index contributed by atoms with van der Waals surface area (Å²) in [6.07, 6.45) is 9.20. The normalized spacial score (nSPS) is 16.5. The average Bonchev–Trinajstić information content (AvgIpc) is 4.10. The summed E-state index contributed by atoms with van der Waals surface area (Å²) in [7, 11) is -3.59. The second-order valence-corrected chi connectivity index (χ2v) is 27.4. The number of hydrogen-bond donors (Lipinski definition) is 6. The van der Waals surface area contributed by atoms with Gasteiger partial charge in [-0.05, 0) is 138 Å². The largest absolute Gasteiger partial charge is 0.489 e. The van der Waals surface area contributed by atoms with Crippen LogP contribution in [-0.2, 0) is 35.6 Å². The maximum atomic E-state index is 14.1. The molecule has 0 saturated carbocycles. The zero-order chi connectivity index (χ0) is 60.0. The van der Waals surface area contributed by atoms with Crippen molar-refractivity contribution in [3.8, 4) is 16.2 Å². The Morgan fingerprint density at radius 1 is 0.855 bits per heavy atom. The summed E-state index contributed by atoms with van der Waals surface area (Å²) in [5.74, 6) is 0.546. The number of benzene rings is 3. The second kappa shape index (κ2) is 29.6. The number of aromatic nitrogens is 3. The SMILES string of the molecule is Cc1cc(Nc2ncc(Cl)c(Nc3ccccc3S(=O)(=O)C(C)C)n2)c(OC(C)C)cc1C1CCN(CC(=O)NCCCCCCCCCC(=O)N[C@H](C(=O)N2C[C@H](O)C[C@H]2C(=O)NCc2ccc(-c3scnc3C)cc2)C(C)(C)C)CC1. The van der Waals surface area contributed by atoms with Gasteiger partial charge in [-0.2, -0.15) is 4.98 Å². The molecule has 7 rings (SSSR count). The van der Waals surface area contributed by atoms with E-state index in [9.17, 15) is 32.7 Å².